The molecule has 0 aliphatic heterocycles. The van der Waals surface area contributed by atoms with Gasteiger partial charge in [0.2, 0.25) is 11.8 Å². The smallest absolute Gasteiger partial charge is 0.407 e. The third kappa shape index (κ3) is 8.90. The van der Waals surface area contributed by atoms with E-state index < -0.39 is 30.1 Å². The van der Waals surface area contributed by atoms with Gasteiger partial charge in [-0.05, 0) is 11.1 Å². The number of nitrogens with one attached hydrogen (secondary N) is 2. The topological polar surface area (TPSA) is 148 Å². The third-order valence-corrected chi connectivity index (χ3v) is 5.49. The second kappa shape index (κ2) is 13.6. The van der Waals surface area contributed by atoms with Crippen molar-refractivity contribution in [3.63, 3.8) is 0 Å². The van der Waals surface area contributed by atoms with Gasteiger partial charge in [-0.1, -0.05) is 84.9 Å². The Balaban J connectivity index is 1.44. The van der Waals surface area contributed by atoms with Crippen molar-refractivity contribution in [1.29, 1.82) is 0 Å². The minimum absolute atomic E-state index is 0.0743. The zero-order valence-electron chi connectivity index (χ0n) is 20.1. The average molecular weight is 504 g/mol. The molecule has 9 nitrogen and oxygen atoms in total. The molecule has 5 N–H and O–H groups in total. The van der Waals surface area contributed by atoms with Crippen molar-refractivity contribution >= 4 is 23.7 Å². The molecule has 0 radical (unpaired) electrons. The first kappa shape index (κ1) is 27.1. The number of hydrogen-bond acceptors (Lipinski definition) is 6. The SMILES string of the molecule is NC(=O)[C@H](Cc1ccc(C(=O)c2ccccc2)cc1)NC(=O)C[C@H](O)CNC(=O)OCc1ccccc1. The number of alkyl carbamates (subject to hydrolysis) is 1. The molecule has 192 valence electrons. The van der Waals surface area contributed by atoms with E-state index >= 15 is 0 Å². The highest BCUT2D eigenvalue weighted by atomic mass is 16.5. The number of carbonyl (C=O) groups is 4. The molecule has 3 aromatic rings. The molecule has 9 heteroatoms. The van der Waals surface area contributed by atoms with Crippen LogP contribution in [0.5, 0.6) is 0 Å². The highest BCUT2D eigenvalue weighted by molar-refractivity contribution is 6.08. The van der Waals surface area contributed by atoms with Gasteiger partial charge in [-0.25, -0.2) is 4.79 Å². The fraction of sp³-hybridized carbons (Fsp3) is 0.214. The van der Waals surface area contributed by atoms with E-state index in [2.05, 4.69) is 10.6 Å². The zero-order chi connectivity index (χ0) is 26.6. The summed E-state index contributed by atoms with van der Waals surface area (Å²) in [4.78, 5) is 48.6. The largest absolute Gasteiger partial charge is 0.445 e. The molecule has 2 atom stereocenters. The van der Waals surface area contributed by atoms with Crippen LogP contribution in [0.2, 0.25) is 0 Å². The molecule has 37 heavy (non-hydrogen) atoms. The summed E-state index contributed by atoms with van der Waals surface area (Å²) in [5.41, 5.74) is 8.02. The fourth-order valence-corrected chi connectivity index (χ4v) is 3.52. The van der Waals surface area contributed by atoms with Crippen molar-refractivity contribution in [2.24, 2.45) is 5.73 Å². The number of ether oxygens (including phenoxy) is 1. The number of hydrogen-bond donors (Lipinski definition) is 4. The first-order valence-corrected chi connectivity index (χ1v) is 11.7. The third-order valence-electron chi connectivity index (χ3n) is 5.49. The Hall–Kier alpha value is -4.50. The van der Waals surface area contributed by atoms with E-state index in [1.807, 2.05) is 24.3 Å². The number of ketones is 1. The number of aliphatic hydroxyl groups excluding tert-OH is 1. The van der Waals surface area contributed by atoms with Gasteiger partial charge >= 0.3 is 6.09 Å². The van der Waals surface area contributed by atoms with E-state index in [1.165, 1.54) is 0 Å². The predicted octanol–water partition coefficient (Wildman–Crippen LogP) is 2.11. The summed E-state index contributed by atoms with van der Waals surface area (Å²) in [6, 6.07) is 23.6. The lowest BCUT2D eigenvalue weighted by Gasteiger charge is -2.17. The van der Waals surface area contributed by atoms with Crippen LogP contribution in [0.4, 0.5) is 4.79 Å². The normalized spacial score (nSPS) is 12.1. The van der Waals surface area contributed by atoms with Crippen LogP contribution in [-0.4, -0.2) is 47.5 Å². The molecule has 0 heterocycles. The Bertz CT molecular complexity index is 1200. The number of amides is 3. The highest BCUT2D eigenvalue weighted by Crippen LogP contribution is 2.12. The Morgan fingerprint density at radius 3 is 2.03 bits per heavy atom. The standard InChI is InChI=1S/C28H29N3O6/c29-27(35)24(15-19-11-13-22(14-12-19)26(34)21-9-5-2-6-10-21)31-25(33)16-23(32)17-30-28(36)37-18-20-7-3-1-4-8-20/h1-14,23-24,32H,15-18H2,(H2,29,35)(H,30,36)(H,31,33)/t23-,24-/m0/s1. The molecule has 0 bridgehead atoms. The number of rotatable bonds is 12. The molecule has 3 rings (SSSR count). The van der Waals surface area contributed by atoms with E-state index in [1.54, 1.807) is 60.7 Å². The second-order valence-electron chi connectivity index (χ2n) is 8.42. The van der Waals surface area contributed by atoms with E-state index in [0.29, 0.717) is 16.7 Å². The van der Waals surface area contributed by atoms with Crippen molar-refractivity contribution in [2.45, 2.75) is 31.6 Å². The Morgan fingerprint density at radius 1 is 0.811 bits per heavy atom. The molecular formula is C28H29N3O6. The quantitative estimate of drug-likeness (QED) is 0.278. The maximum absolute atomic E-state index is 12.5. The van der Waals surface area contributed by atoms with Crippen LogP contribution < -0.4 is 16.4 Å². The molecule has 0 unspecified atom stereocenters. The minimum Gasteiger partial charge on any atom is -0.445 e. The molecule has 0 aromatic heterocycles. The maximum Gasteiger partial charge on any atom is 0.407 e. The van der Waals surface area contributed by atoms with Gasteiger partial charge in [-0.15, -0.1) is 0 Å². The van der Waals surface area contributed by atoms with Gasteiger partial charge in [0.05, 0.1) is 12.5 Å². The summed E-state index contributed by atoms with van der Waals surface area (Å²) >= 11 is 0. The van der Waals surface area contributed by atoms with Crippen molar-refractivity contribution in [3.8, 4) is 0 Å². The molecule has 0 spiro atoms. The molecule has 0 aliphatic rings. The summed E-state index contributed by atoms with van der Waals surface area (Å²) in [6.07, 6.45) is -2.16. The molecule has 3 amide bonds. The zero-order valence-corrected chi connectivity index (χ0v) is 20.1. The lowest BCUT2D eigenvalue weighted by atomic mass is 9.99. The summed E-state index contributed by atoms with van der Waals surface area (Å²) in [5, 5.41) is 15.0. The van der Waals surface area contributed by atoms with Gasteiger partial charge in [0.15, 0.2) is 5.78 Å². The van der Waals surface area contributed by atoms with E-state index in [0.717, 1.165) is 5.56 Å². The first-order chi connectivity index (χ1) is 17.8. The van der Waals surface area contributed by atoms with Crippen LogP contribution in [0.25, 0.3) is 0 Å². The van der Waals surface area contributed by atoms with Crippen LogP contribution in [0.15, 0.2) is 84.9 Å². The summed E-state index contributed by atoms with van der Waals surface area (Å²) in [7, 11) is 0. The minimum atomic E-state index is -1.19. The summed E-state index contributed by atoms with van der Waals surface area (Å²) in [6.45, 7) is -0.135. The summed E-state index contributed by atoms with van der Waals surface area (Å²) in [5.74, 6) is -1.47. The average Bonchev–Trinajstić information content (AvgIpc) is 2.91. The number of primary amides is 1. The van der Waals surface area contributed by atoms with Gasteiger partial charge in [0, 0.05) is 24.1 Å². The molecule has 0 fully saturated rings. The molecular weight excluding hydrogens is 474 g/mol. The number of nitrogens with two attached hydrogens (primary N) is 1. The monoisotopic (exact) mass is 503 g/mol. The predicted molar refractivity (Wildman–Crippen MR) is 136 cm³/mol. The van der Waals surface area contributed by atoms with Crippen LogP contribution >= 0.6 is 0 Å². The van der Waals surface area contributed by atoms with Crippen LogP contribution in [0, 0.1) is 0 Å². The van der Waals surface area contributed by atoms with Crippen molar-refractivity contribution < 1.29 is 29.0 Å². The Labute approximate surface area is 214 Å². The number of aliphatic hydroxyl groups is 1. The van der Waals surface area contributed by atoms with Gasteiger partial charge in [-0.2, -0.15) is 0 Å². The fourth-order valence-electron chi connectivity index (χ4n) is 3.52. The highest BCUT2D eigenvalue weighted by Gasteiger charge is 2.21. The number of benzene rings is 3. The van der Waals surface area contributed by atoms with Crippen LogP contribution in [0.3, 0.4) is 0 Å². The lowest BCUT2D eigenvalue weighted by Crippen LogP contribution is -2.47. The van der Waals surface area contributed by atoms with Gasteiger partial charge in [-0.3, -0.25) is 14.4 Å². The summed E-state index contributed by atoms with van der Waals surface area (Å²) < 4.78 is 5.05. The molecule has 0 saturated heterocycles. The van der Waals surface area contributed by atoms with Gasteiger partial charge in [0.1, 0.15) is 12.6 Å². The molecule has 3 aromatic carbocycles. The van der Waals surface area contributed by atoms with Crippen molar-refractivity contribution in [2.75, 3.05) is 6.54 Å². The van der Waals surface area contributed by atoms with Gasteiger partial charge in [0.25, 0.3) is 0 Å². The number of carbonyl (C=O) groups excluding carboxylic acids is 4. The van der Waals surface area contributed by atoms with Crippen molar-refractivity contribution in [3.05, 3.63) is 107 Å². The lowest BCUT2D eigenvalue weighted by molar-refractivity contribution is -0.128. The second-order valence-corrected chi connectivity index (χ2v) is 8.42. The van der Waals surface area contributed by atoms with E-state index in [9.17, 15) is 24.3 Å². The first-order valence-electron chi connectivity index (χ1n) is 11.7. The van der Waals surface area contributed by atoms with Gasteiger partial charge < -0.3 is 26.2 Å². The van der Waals surface area contributed by atoms with Crippen LogP contribution in [-0.2, 0) is 27.4 Å². The molecule has 0 saturated carbocycles. The van der Waals surface area contributed by atoms with E-state index in [4.69, 9.17) is 10.5 Å². The van der Waals surface area contributed by atoms with Crippen LogP contribution in [0.1, 0.15) is 33.5 Å². The van der Waals surface area contributed by atoms with E-state index in [-0.39, 0.29) is 31.8 Å². The Kier molecular flexibility index (Phi) is 9.92. The maximum atomic E-state index is 12.5. The van der Waals surface area contributed by atoms with Crippen molar-refractivity contribution in [1.82, 2.24) is 10.6 Å². The molecule has 0 aliphatic carbocycles. The Morgan fingerprint density at radius 2 is 1.41 bits per heavy atom.